The lowest BCUT2D eigenvalue weighted by Crippen LogP contribution is -2.15. The van der Waals surface area contributed by atoms with Crippen molar-refractivity contribution in [1.82, 2.24) is 14.8 Å². The van der Waals surface area contributed by atoms with Crippen LogP contribution in [0, 0.1) is 26.7 Å². The summed E-state index contributed by atoms with van der Waals surface area (Å²) in [7, 11) is 0. The van der Waals surface area contributed by atoms with Crippen LogP contribution < -0.4 is 0 Å². The summed E-state index contributed by atoms with van der Waals surface area (Å²) in [5.74, 6) is 1.49. The van der Waals surface area contributed by atoms with Gasteiger partial charge in [0, 0.05) is 16.0 Å². The standard InChI is InChI=1S/C23H26N4O2S/c1-13(2)12-29-19(28)11-18-22-26-25-16(5)27(22)23-20(14(3)15(4)30-23)21(24-18)17-9-7-6-8-10-17/h6-10,13,18H,11-12H2,1-5H3/t18-/m0/s1. The number of nitrogens with zero attached hydrogens (tertiary/aromatic N) is 4. The molecule has 0 saturated carbocycles. The smallest absolute Gasteiger partial charge is 0.308 e. The maximum atomic E-state index is 12.6. The predicted octanol–water partition coefficient (Wildman–Crippen LogP) is 4.74. The number of aromatic nitrogens is 3. The normalized spacial score (nSPS) is 15.4. The van der Waals surface area contributed by atoms with Crippen LogP contribution in [0.2, 0.25) is 0 Å². The fourth-order valence-electron chi connectivity index (χ4n) is 3.60. The lowest BCUT2D eigenvalue weighted by atomic mass is 10.00. The number of ether oxygens (including phenoxy) is 1. The minimum absolute atomic E-state index is 0.133. The van der Waals surface area contributed by atoms with Crippen molar-refractivity contribution in [2.45, 2.75) is 47.1 Å². The fourth-order valence-corrected chi connectivity index (χ4v) is 4.81. The van der Waals surface area contributed by atoms with E-state index in [0.717, 1.165) is 27.7 Å². The molecule has 0 bridgehead atoms. The summed E-state index contributed by atoms with van der Waals surface area (Å²) in [5, 5.41) is 9.78. The van der Waals surface area contributed by atoms with Crippen molar-refractivity contribution in [2.75, 3.05) is 6.61 Å². The molecule has 0 fully saturated rings. The van der Waals surface area contributed by atoms with Crippen LogP contribution in [0.15, 0.2) is 35.3 Å². The summed E-state index contributed by atoms with van der Waals surface area (Å²) >= 11 is 1.71. The summed E-state index contributed by atoms with van der Waals surface area (Å²) in [4.78, 5) is 18.9. The highest BCUT2D eigenvalue weighted by Crippen LogP contribution is 2.39. The molecule has 6 nitrogen and oxygen atoms in total. The molecule has 0 spiro atoms. The van der Waals surface area contributed by atoms with Crippen LogP contribution in [0.1, 0.15) is 59.5 Å². The number of carbonyl (C=O) groups is 1. The van der Waals surface area contributed by atoms with Gasteiger partial charge in [-0.25, -0.2) is 0 Å². The largest absolute Gasteiger partial charge is 0.465 e. The number of aliphatic imine (C=N–C) groups is 1. The van der Waals surface area contributed by atoms with Crippen LogP contribution in [-0.4, -0.2) is 33.1 Å². The van der Waals surface area contributed by atoms with Crippen molar-refractivity contribution in [3.05, 3.63) is 63.5 Å². The molecular weight excluding hydrogens is 396 g/mol. The van der Waals surface area contributed by atoms with E-state index in [4.69, 9.17) is 9.73 Å². The number of carbonyl (C=O) groups excluding carboxylic acids is 1. The molecule has 0 radical (unpaired) electrons. The lowest BCUT2D eigenvalue weighted by Gasteiger charge is -2.13. The first-order valence-corrected chi connectivity index (χ1v) is 11.0. The van der Waals surface area contributed by atoms with E-state index in [-0.39, 0.29) is 18.3 Å². The highest BCUT2D eigenvalue weighted by Gasteiger charge is 2.32. The Labute approximate surface area is 180 Å². The highest BCUT2D eigenvalue weighted by atomic mass is 32.1. The molecule has 0 amide bonds. The summed E-state index contributed by atoms with van der Waals surface area (Å²) in [6.07, 6.45) is 0.133. The second kappa shape index (κ2) is 8.14. The Morgan fingerprint density at radius 2 is 1.90 bits per heavy atom. The van der Waals surface area contributed by atoms with Gasteiger partial charge in [-0.05, 0) is 32.3 Å². The summed E-state index contributed by atoms with van der Waals surface area (Å²) in [5.41, 5.74) is 4.20. The maximum Gasteiger partial charge on any atom is 0.308 e. The van der Waals surface area contributed by atoms with Gasteiger partial charge in [0.2, 0.25) is 0 Å². The first-order valence-electron chi connectivity index (χ1n) is 10.2. The number of fused-ring (bicyclic) bond motifs is 3. The van der Waals surface area contributed by atoms with Crippen molar-refractivity contribution in [1.29, 1.82) is 0 Å². The molecule has 30 heavy (non-hydrogen) atoms. The van der Waals surface area contributed by atoms with E-state index in [2.05, 4.69) is 40.7 Å². The molecule has 156 valence electrons. The topological polar surface area (TPSA) is 69.4 Å². The maximum absolute atomic E-state index is 12.6. The first kappa shape index (κ1) is 20.5. The monoisotopic (exact) mass is 422 g/mol. The molecule has 0 saturated heterocycles. The Bertz CT molecular complexity index is 1110. The van der Waals surface area contributed by atoms with E-state index in [0.29, 0.717) is 12.4 Å². The minimum Gasteiger partial charge on any atom is -0.465 e. The zero-order chi connectivity index (χ0) is 21.4. The van der Waals surface area contributed by atoms with Gasteiger partial charge in [-0.15, -0.1) is 21.5 Å². The lowest BCUT2D eigenvalue weighted by molar-refractivity contribution is -0.145. The predicted molar refractivity (Wildman–Crippen MR) is 119 cm³/mol. The van der Waals surface area contributed by atoms with Gasteiger partial charge in [0.25, 0.3) is 0 Å². The molecule has 1 aliphatic rings. The molecule has 0 aliphatic carbocycles. The second-order valence-electron chi connectivity index (χ2n) is 8.04. The van der Waals surface area contributed by atoms with Gasteiger partial charge in [-0.3, -0.25) is 14.4 Å². The van der Waals surface area contributed by atoms with Gasteiger partial charge in [-0.2, -0.15) is 0 Å². The number of rotatable bonds is 5. The van der Waals surface area contributed by atoms with Gasteiger partial charge in [0.05, 0.1) is 18.7 Å². The van der Waals surface area contributed by atoms with Crippen molar-refractivity contribution < 1.29 is 9.53 Å². The molecule has 7 heteroatoms. The molecule has 1 aliphatic heterocycles. The zero-order valence-electron chi connectivity index (χ0n) is 18.0. The summed E-state index contributed by atoms with van der Waals surface area (Å²) < 4.78 is 7.50. The highest BCUT2D eigenvalue weighted by molar-refractivity contribution is 7.15. The third-order valence-electron chi connectivity index (χ3n) is 5.22. The molecular formula is C23H26N4O2S. The van der Waals surface area contributed by atoms with E-state index < -0.39 is 6.04 Å². The Hall–Kier alpha value is -2.80. The Morgan fingerprint density at radius 3 is 2.60 bits per heavy atom. The van der Waals surface area contributed by atoms with Crippen LogP contribution in [-0.2, 0) is 9.53 Å². The fraction of sp³-hybridized carbons (Fsp3) is 0.391. The molecule has 1 atom stereocenters. The number of aryl methyl sites for hydroxylation is 2. The van der Waals surface area contributed by atoms with Crippen molar-refractivity contribution in [3.8, 4) is 5.00 Å². The van der Waals surface area contributed by atoms with Gasteiger partial charge in [-0.1, -0.05) is 44.2 Å². The van der Waals surface area contributed by atoms with Crippen molar-refractivity contribution in [3.63, 3.8) is 0 Å². The number of thiophene rings is 1. The third-order valence-corrected chi connectivity index (χ3v) is 6.42. The van der Waals surface area contributed by atoms with Crippen LogP contribution in [0.25, 0.3) is 5.00 Å². The summed E-state index contributed by atoms with van der Waals surface area (Å²) in [6.45, 7) is 10.6. The van der Waals surface area contributed by atoms with Crippen LogP contribution in [0.5, 0.6) is 0 Å². The summed E-state index contributed by atoms with van der Waals surface area (Å²) in [6, 6.07) is 9.67. The molecule has 2 aromatic heterocycles. The van der Waals surface area contributed by atoms with Crippen LogP contribution >= 0.6 is 11.3 Å². The first-order chi connectivity index (χ1) is 14.4. The van der Waals surface area contributed by atoms with Crippen molar-refractivity contribution in [2.24, 2.45) is 10.9 Å². The average Bonchev–Trinajstić information content (AvgIpc) is 3.19. The van der Waals surface area contributed by atoms with Gasteiger partial charge in [0.15, 0.2) is 5.82 Å². The molecule has 0 unspecified atom stereocenters. The second-order valence-corrected chi connectivity index (χ2v) is 9.25. The van der Waals surface area contributed by atoms with E-state index in [1.165, 1.54) is 10.4 Å². The molecule has 4 rings (SSSR count). The third kappa shape index (κ3) is 3.69. The SMILES string of the molecule is Cc1sc2c(c1C)C(c1ccccc1)=N[C@@H](CC(=O)OCC(C)C)c1nnc(C)n1-2. The van der Waals surface area contributed by atoms with Gasteiger partial charge >= 0.3 is 5.97 Å². The quantitative estimate of drug-likeness (QED) is 0.557. The number of esters is 1. The van der Waals surface area contributed by atoms with Crippen molar-refractivity contribution >= 4 is 23.0 Å². The van der Waals surface area contributed by atoms with E-state index in [9.17, 15) is 4.79 Å². The Morgan fingerprint density at radius 1 is 1.17 bits per heavy atom. The number of hydrogen-bond acceptors (Lipinski definition) is 6. The van der Waals surface area contributed by atoms with Gasteiger partial charge in [0.1, 0.15) is 16.9 Å². The average molecular weight is 423 g/mol. The van der Waals surface area contributed by atoms with Gasteiger partial charge < -0.3 is 4.74 Å². The Balaban J connectivity index is 1.87. The minimum atomic E-state index is -0.458. The number of benzene rings is 1. The molecule has 3 aromatic rings. The molecule has 1 aromatic carbocycles. The van der Waals surface area contributed by atoms with E-state index >= 15 is 0 Å². The van der Waals surface area contributed by atoms with E-state index in [1.54, 1.807) is 11.3 Å². The Kier molecular flexibility index (Phi) is 5.56. The van der Waals surface area contributed by atoms with E-state index in [1.807, 2.05) is 39.0 Å². The van der Waals surface area contributed by atoms with Crippen LogP contribution in [0.4, 0.5) is 0 Å². The molecule has 3 heterocycles. The number of hydrogen-bond donors (Lipinski definition) is 0. The molecule has 0 N–H and O–H groups in total. The van der Waals surface area contributed by atoms with Crippen LogP contribution in [0.3, 0.4) is 0 Å². The zero-order valence-corrected chi connectivity index (χ0v) is 18.8.